The summed E-state index contributed by atoms with van der Waals surface area (Å²) >= 11 is 0. The van der Waals surface area contributed by atoms with Gasteiger partial charge in [-0.15, -0.1) is 0 Å². The second-order valence-corrected chi connectivity index (χ2v) is 4.70. The number of aromatic nitrogens is 2. The average Bonchev–Trinajstić information content (AvgIpc) is 2.46. The van der Waals surface area contributed by atoms with Crippen molar-refractivity contribution in [1.82, 2.24) is 9.97 Å². The zero-order chi connectivity index (χ0) is 13.9. The van der Waals surface area contributed by atoms with E-state index >= 15 is 0 Å². The van der Waals surface area contributed by atoms with Gasteiger partial charge in [0.1, 0.15) is 24.9 Å². The Morgan fingerprint density at radius 3 is 2.70 bits per heavy atom. The van der Waals surface area contributed by atoms with E-state index in [1.165, 1.54) is 0 Å². The lowest BCUT2D eigenvalue weighted by Gasteiger charge is -2.18. The van der Waals surface area contributed by atoms with E-state index in [-0.39, 0.29) is 0 Å². The molecule has 104 valence electrons. The molecule has 0 radical (unpaired) electrons. The van der Waals surface area contributed by atoms with Gasteiger partial charge >= 0.3 is 0 Å². The van der Waals surface area contributed by atoms with Crippen LogP contribution in [0, 0.1) is 0 Å². The number of hydrogen-bond acceptors (Lipinski definition) is 5. The van der Waals surface area contributed by atoms with Gasteiger partial charge in [0, 0.05) is 18.1 Å². The molecule has 0 amide bonds. The third kappa shape index (κ3) is 2.52. The molecule has 1 aromatic heterocycles. The molecule has 2 aromatic rings. The van der Waals surface area contributed by atoms with Crippen LogP contribution >= 0.6 is 0 Å². The Hall–Kier alpha value is -2.30. The minimum atomic E-state index is 0.494. The largest absolute Gasteiger partial charge is 0.486 e. The molecule has 0 saturated heterocycles. The highest BCUT2D eigenvalue weighted by atomic mass is 16.6. The number of nitrogens with zero attached hydrogens (tertiary/aromatic N) is 2. The van der Waals surface area contributed by atoms with Crippen molar-refractivity contribution in [3.8, 4) is 22.8 Å². The van der Waals surface area contributed by atoms with Gasteiger partial charge in [-0.05, 0) is 24.6 Å². The van der Waals surface area contributed by atoms with E-state index in [2.05, 4.69) is 16.9 Å². The zero-order valence-electron chi connectivity index (χ0n) is 11.4. The molecule has 5 nitrogen and oxygen atoms in total. The number of rotatable bonds is 3. The molecule has 0 spiro atoms. The molecule has 1 aromatic carbocycles. The number of anilines is 1. The van der Waals surface area contributed by atoms with E-state index in [0.717, 1.165) is 41.4 Å². The monoisotopic (exact) mass is 271 g/mol. The first kappa shape index (κ1) is 12.7. The SMILES string of the molecule is CCCc1nc(N)cc(-c2ccc3c(c2)OCCO3)n1. The molecule has 0 bridgehead atoms. The highest BCUT2D eigenvalue weighted by molar-refractivity contribution is 5.66. The first-order chi connectivity index (χ1) is 9.76. The Morgan fingerprint density at radius 2 is 1.90 bits per heavy atom. The minimum absolute atomic E-state index is 0.494. The molecule has 1 aliphatic rings. The predicted octanol–water partition coefficient (Wildman–Crippen LogP) is 2.45. The van der Waals surface area contributed by atoms with Crippen molar-refractivity contribution >= 4 is 5.82 Å². The maximum absolute atomic E-state index is 5.86. The normalized spacial score (nSPS) is 13.2. The summed E-state index contributed by atoms with van der Waals surface area (Å²) in [4.78, 5) is 8.80. The van der Waals surface area contributed by atoms with Crippen LogP contribution in [0.15, 0.2) is 24.3 Å². The molecule has 0 fully saturated rings. The number of aryl methyl sites for hydroxylation is 1. The third-order valence-electron chi connectivity index (χ3n) is 3.10. The van der Waals surface area contributed by atoms with Crippen molar-refractivity contribution in [2.45, 2.75) is 19.8 Å². The molecular weight excluding hydrogens is 254 g/mol. The lowest BCUT2D eigenvalue weighted by molar-refractivity contribution is 0.171. The van der Waals surface area contributed by atoms with Crippen molar-refractivity contribution in [3.05, 3.63) is 30.1 Å². The highest BCUT2D eigenvalue weighted by Gasteiger charge is 2.13. The van der Waals surface area contributed by atoms with Crippen molar-refractivity contribution in [2.75, 3.05) is 18.9 Å². The summed E-state index contributed by atoms with van der Waals surface area (Å²) in [6, 6.07) is 7.59. The molecule has 0 aliphatic carbocycles. The fourth-order valence-electron chi connectivity index (χ4n) is 2.20. The van der Waals surface area contributed by atoms with Crippen LogP contribution in [0.5, 0.6) is 11.5 Å². The summed E-state index contributed by atoms with van der Waals surface area (Å²) < 4.78 is 11.1. The molecule has 5 heteroatoms. The van der Waals surface area contributed by atoms with E-state index in [1.54, 1.807) is 6.07 Å². The van der Waals surface area contributed by atoms with Crippen LogP contribution in [0.3, 0.4) is 0 Å². The zero-order valence-corrected chi connectivity index (χ0v) is 11.4. The molecular formula is C15H17N3O2. The van der Waals surface area contributed by atoms with Gasteiger partial charge in [-0.2, -0.15) is 0 Å². The Kier molecular flexibility index (Phi) is 3.41. The molecule has 1 aliphatic heterocycles. The maximum Gasteiger partial charge on any atom is 0.162 e. The van der Waals surface area contributed by atoms with Crippen molar-refractivity contribution in [3.63, 3.8) is 0 Å². The van der Waals surface area contributed by atoms with Crippen LogP contribution in [-0.2, 0) is 6.42 Å². The topological polar surface area (TPSA) is 70.3 Å². The molecule has 0 atom stereocenters. The van der Waals surface area contributed by atoms with Crippen molar-refractivity contribution in [1.29, 1.82) is 0 Å². The summed E-state index contributed by atoms with van der Waals surface area (Å²) in [6.07, 6.45) is 1.81. The van der Waals surface area contributed by atoms with Gasteiger partial charge in [-0.3, -0.25) is 0 Å². The minimum Gasteiger partial charge on any atom is -0.486 e. The molecule has 2 N–H and O–H groups in total. The molecule has 2 heterocycles. The smallest absolute Gasteiger partial charge is 0.162 e. The Morgan fingerprint density at radius 1 is 1.10 bits per heavy atom. The molecule has 0 saturated carbocycles. The summed E-state index contributed by atoms with van der Waals surface area (Å²) in [5.41, 5.74) is 7.63. The standard InChI is InChI=1S/C15H17N3O2/c1-2-3-15-17-11(9-14(16)18-15)10-4-5-12-13(8-10)20-7-6-19-12/h4-5,8-9H,2-3,6-7H2,1H3,(H2,16,17,18). The Bertz CT molecular complexity index is 629. The van der Waals surface area contributed by atoms with Crippen molar-refractivity contribution < 1.29 is 9.47 Å². The molecule has 3 rings (SSSR count). The van der Waals surface area contributed by atoms with Crippen LogP contribution in [-0.4, -0.2) is 23.2 Å². The van der Waals surface area contributed by atoms with E-state index < -0.39 is 0 Å². The van der Waals surface area contributed by atoms with Gasteiger partial charge in [0.2, 0.25) is 0 Å². The van der Waals surface area contributed by atoms with Crippen LogP contribution in [0.25, 0.3) is 11.3 Å². The number of fused-ring (bicyclic) bond motifs is 1. The molecule has 20 heavy (non-hydrogen) atoms. The van der Waals surface area contributed by atoms with Gasteiger partial charge in [0.15, 0.2) is 11.5 Å². The summed E-state index contributed by atoms with van der Waals surface area (Å²) in [5.74, 6) is 2.80. The summed E-state index contributed by atoms with van der Waals surface area (Å²) in [5, 5.41) is 0. The second-order valence-electron chi connectivity index (χ2n) is 4.70. The van der Waals surface area contributed by atoms with Crippen LogP contribution < -0.4 is 15.2 Å². The van der Waals surface area contributed by atoms with Gasteiger partial charge in [0.25, 0.3) is 0 Å². The van der Waals surface area contributed by atoms with Crippen LogP contribution in [0.1, 0.15) is 19.2 Å². The van der Waals surface area contributed by atoms with Gasteiger partial charge in [-0.1, -0.05) is 6.92 Å². The van der Waals surface area contributed by atoms with Gasteiger partial charge in [-0.25, -0.2) is 9.97 Å². The first-order valence-corrected chi connectivity index (χ1v) is 6.79. The fourth-order valence-corrected chi connectivity index (χ4v) is 2.20. The predicted molar refractivity (Wildman–Crippen MR) is 76.9 cm³/mol. The van der Waals surface area contributed by atoms with Gasteiger partial charge < -0.3 is 15.2 Å². The Labute approximate surface area is 117 Å². The Balaban J connectivity index is 1.99. The lowest BCUT2D eigenvalue weighted by atomic mass is 10.1. The first-order valence-electron chi connectivity index (χ1n) is 6.79. The number of ether oxygens (including phenoxy) is 2. The third-order valence-corrected chi connectivity index (χ3v) is 3.10. The van der Waals surface area contributed by atoms with E-state index in [9.17, 15) is 0 Å². The maximum atomic E-state index is 5.86. The summed E-state index contributed by atoms with van der Waals surface area (Å²) in [7, 11) is 0. The lowest BCUT2D eigenvalue weighted by Crippen LogP contribution is -2.15. The van der Waals surface area contributed by atoms with Gasteiger partial charge in [0.05, 0.1) is 5.69 Å². The summed E-state index contributed by atoms with van der Waals surface area (Å²) in [6.45, 7) is 3.26. The highest BCUT2D eigenvalue weighted by Crippen LogP contribution is 2.34. The van der Waals surface area contributed by atoms with E-state index in [4.69, 9.17) is 15.2 Å². The number of nitrogen functional groups attached to an aromatic ring is 1. The van der Waals surface area contributed by atoms with E-state index in [1.807, 2.05) is 18.2 Å². The number of hydrogen-bond donors (Lipinski definition) is 1. The number of benzene rings is 1. The van der Waals surface area contributed by atoms with E-state index in [0.29, 0.717) is 19.0 Å². The number of nitrogens with two attached hydrogens (primary N) is 1. The quantitative estimate of drug-likeness (QED) is 0.928. The van der Waals surface area contributed by atoms with Crippen molar-refractivity contribution in [2.24, 2.45) is 0 Å². The fraction of sp³-hybridized carbons (Fsp3) is 0.333. The second kappa shape index (κ2) is 5.36. The van der Waals surface area contributed by atoms with Crippen LogP contribution in [0.2, 0.25) is 0 Å². The van der Waals surface area contributed by atoms with Crippen LogP contribution in [0.4, 0.5) is 5.82 Å². The average molecular weight is 271 g/mol. The molecule has 0 unspecified atom stereocenters.